The molecule has 0 radical (unpaired) electrons. The maximum atomic E-state index is 12.0. The van der Waals surface area contributed by atoms with Crippen molar-refractivity contribution in [1.29, 1.82) is 0 Å². The van der Waals surface area contributed by atoms with Gasteiger partial charge in [0.25, 0.3) is 5.91 Å². The van der Waals surface area contributed by atoms with Crippen molar-refractivity contribution < 1.29 is 19.1 Å². The van der Waals surface area contributed by atoms with Crippen molar-refractivity contribution in [2.75, 3.05) is 19.5 Å². The summed E-state index contributed by atoms with van der Waals surface area (Å²) in [4.78, 5) is 23.4. The van der Waals surface area contributed by atoms with Gasteiger partial charge in [-0.15, -0.1) is 0 Å². The molecule has 1 amide bonds. The summed E-state index contributed by atoms with van der Waals surface area (Å²) in [6.45, 7) is 1.23. The number of ether oxygens (including phenoxy) is 2. The average molecular weight is 237 g/mol. The highest BCUT2D eigenvalue weighted by Gasteiger charge is 2.44. The third-order valence-electron chi connectivity index (χ3n) is 2.37. The topological polar surface area (TPSA) is 64.6 Å². The molecule has 0 atom stereocenters. The molecular weight excluding hydrogens is 222 g/mol. The molecule has 0 saturated carbocycles. The molecule has 0 spiro atoms. The van der Waals surface area contributed by atoms with Gasteiger partial charge in [-0.1, -0.05) is 18.2 Å². The lowest BCUT2D eigenvalue weighted by Crippen LogP contribution is -2.52. The van der Waals surface area contributed by atoms with Crippen molar-refractivity contribution in [3.05, 3.63) is 30.3 Å². The molecular formula is C12H15NO4. The van der Waals surface area contributed by atoms with E-state index in [1.165, 1.54) is 21.1 Å². The second kappa shape index (κ2) is 5.56. The third-order valence-corrected chi connectivity index (χ3v) is 2.37. The third kappa shape index (κ3) is 2.69. The van der Waals surface area contributed by atoms with Crippen LogP contribution >= 0.6 is 0 Å². The lowest BCUT2D eigenvalue weighted by Gasteiger charge is -2.26. The predicted molar refractivity (Wildman–Crippen MR) is 62.5 cm³/mol. The average Bonchev–Trinajstić information content (AvgIpc) is 2.32. The van der Waals surface area contributed by atoms with Crippen LogP contribution in [0.5, 0.6) is 0 Å². The molecule has 0 saturated heterocycles. The van der Waals surface area contributed by atoms with Gasteiger partial charge < -0.3 is 14.8 Å². The Kier molecular flexibility index (Phi) is 4.37. The lowest BCUT2D eigenvalue weighted by atomic mass is 10.1. The number of carbonyl (C=O) groups excluding carboxylic acids is 2. The van der Waals surface area contributed by atoms with Gasteiger partial charge in [-0.3, -0.25) is 9.59 Å². The molecule has 1 N–H and O–H groups in total. The van der Waals surface area contributed by atoms with E-state index in [1.54, 1.807) is 24.3 Å². The van der Waals surface area contributed by atoms with Crippen LogP contribution in [0.1, 0.15) is 6.92 Å². The van der Waals surface area contributed by atoms with Crippen LogP contribution in [-0.4, -0.2) is 31.7 Å². The summed E-state index contributed by atoms with van der Waals surface area (Å²) in [5.41, 5.74) is 0.567. The van der Waals surface area contributed by atoms with Gasteiger partial charge in [-0.05, 0) is 12.1 Å². The number of Topliss-reactive ketones (excluding diaryl/α,β-unsaturated/α-hetero) is 1. The number of hydrogen-bond acceptors (Lipinski definition) is 4. The minimum absolute atomic E-state index is 0.518. The standard InChI is InChI=1S/C12H15NO4/c1-9(14)12(16-2,17-3)11(15)13-10-7-5-4-6-8-10/h4-8H,1-3H3,(H,13,15). The van der Waals surface area contributed by atoms with Crippen molar-refractivity contribution in [2.24, 2.45) is 0 Å². The van der Waals surface area contributed by atoms with Crippen molar-refractivity contribution in [3.63, 3.8) is 0 Å². The van der Waals surface area contributed by atoms with Crippen LogP contribution in [0.3, 0.4) is 0 Å². The zero-order valence-electron chi connectivity index (χ0n) is 10.0. The fourth-order valence-electron chi connectivity index (χ4n) is 1.45. The van der Waals surface area contributed by atoms with E-state index < -0.39 is 17.5 Å². The van der Waals surface area contributed by atoms with E-state index in [4.69, 9.17) is 9.47 Å². The molecule has 0 aliphatic heterocycles. The number of ketones is 1. The molecule has 17 heavy (non-hydrogen) atoms. The number of methoxy groups -OCH3 is 2. The molecule has 0 aliphatic carbocycles. The Morgan fingerprint density at radius 3 is 2.06 bits per heavy atom. The molecule has 0 aromatic heterocycles. The van der Waals surface area contributed by atoms with Crippen LogP contribution in [0.15, 0.2) is 30.3 Å². The molecule has 1 aromatic rings. The number of amides is 1. The first-order valence-electron chi connectivity index (χ1n) is 5.04. The Morgan fingerprint density at radius 2 is 1.65 bits per heavy atom. The molecule has 5 heteroatoms. The molecule has 0 bridgehead atoms. The largest absolute Gasteiger partial charge is 0.340 e. The van der Waals surface area contributed by atoms with E-state index in [2.05, 4.69) is 5.32 Å². The highest BCUT2D eigenvalue weighted by molar-refractivity contribution is 6.12. The molecule has 0 aliphatic rings. The van der Waals surface area contributed by atoms with Crippen molar-refractivity contribution >= 4 is 17.4 Å². The fourth-order valence-corrected chi connectivity index (χ4v) is 1.45. The summed E-state index contributed by atoms with van der Waals surface area (Å²) in [6.07, 6.45) is 0. The van der Waals surface area contributed by atoms with Crippen LogP contribution in [0, 0.1) is 0 Å². The van der Waals surface area contributed by atoms with Gasteiger partial charge in [0.1, 0.15) is 0 Å². The van der Waals surface area contributed by atoms with E-state index in [1.807, 2.05) is 6.07 Å². The quantitative estimate of drug-likeness (QED) is 0.617. The van der Waals surface area contributed by atoms with Gasteiger partial charge in [0.2, 0.25) is 0 Å². The summed E-state index contributed by atoms with van der Waals surface area (Å²) >= 11 is 0. The summed E-state index contributed by atoms with van der Waals surface area (Å²) < 4.78 is 9.80. The zero-order chi connectivity index (χ0) is 12.9. The molecule has 1 aromatic carbocycles. The van der Waals surface area contributed by atoms with Gasteiger partial charge in [0, 0.05) is 26.8 Å². The zero-order valence-corrected chi connectivity index (χ0v) is 10.0. The Bertz CT molecular complexity index is 398. The smallest absolute Gasteiger partial charge is 0.310 e. The first kappa shape index (κ1) is 13.3. The van der Waals surface area contributed by atoms with E-state index in [0.717, 1.165) is 0 Å². The summed E-state index contributed by atoms with van der Waals surface area (Å²) in [5, 5.41) is 2.56. The number of nitrogens with one attached hydrogen (secondary N) is 1. The number of para-hydroxylation sites is 1. The normalized spacial score (nSPS) is 11.0. The second-order valence-electron chi connectivity index (χ2n) is 3.40. The predicted octanol–water partition coefficient (Wildman–Crippen LogP) is 1.20. The van der Waals surface area contributed by atoms with Crippen molar-refractivity contribution in [3.8, 4) is 0 Å². The van der Waals surface area contributed by atoms with E-state index in [9.17, 15) is 9.59 Å². The molecule has 5 nitrogen and oxygen atoms in total. The minimum Gasteiger partial charge on any atom is -0.340 e. The molecule has 92 valence electrons. The Morgan fingerprint density at radius 1 is 1.12 bits per heavy atom. The van der Waals surface area contributed by atoms with Gasteiger partial charge in [-0.2, -0.15) is 0 Å². The number of carbonyl (C=O) groups is 2. The highest BCUT2D eigenvalue weighted by atomic mass is 16.7. The molecule has 0 fully saturated rings. The lowest BCUT2D eigenvalue weighted by molar-refractivity contribution is -0.203. The molecule has 1 rings (SSSR count). The Labute approximate surface area is 99.7 Å². The number of hydrogen-bond donors (Lipinski definition) is 1. The summed E-state index contributed by atoms with van der Waals surface area (Å²) in [5.74, 6) is -3.06. The molecule has 0 unspecified atom stereocenters. The van der Waals surface area contributed by atoms with Crippen LogP contribution in [0.4, 0.5) is 5.69 Å². The first-order chi connectivity index (χ1) is 8.06. The SMILES string of the molecule is COC(OC)(C(C)=O)C(=O)Nc1ccccc1. The first-order valence-corrected chi connectivity index (χ1v) is 5.04. The number of rotatable bonds is 5. The summed E-state index contributed by atoms with van der Waals surface area (Å²) in [7, 11) is 2.49. The van der Waals surface area contributed by atoms with Gasteiger partial charge in [0.15, 0.2) is 5.78 Å². The van der Waals surface area contributed by atoms with E-state index >= 15 is 0 Å². The maximum absolute atomic E-state index is 12.0. The minimum atomic E-state index is -1.89. The number of anilines is 1. The van der Waals surface area contributed by atoms with Crippen LogP contribution < -0.4 is 5.32 Å². The maximum Gasteiger partial charge on any atom is 0.310 e. The van der Waals surface area contributed by atoms with Crippen molar-refractivity contribution in [1.82, 2.24) is 0 Å². The molecule has 0 heterocycles. The Balaban J connectivity index is 2.91. The van der Waals surface area contributed by atoms with Gasteiger partial charge in [0.05, 0.1) is 0 Å². The Hall–Kier alpha value is -1.72. The van der Waals surface area contributed by atoms with Crippen molar-refractivity contribution in [2.45, 2.75) is 12.7 Å². The number of benzene rings is 1. The van der Waals surface area contributed by atoms with E-state index in [-0.39, 0.29) is 0 Å². The second-order valence-corrected chi connectivity index (χ2v) is 3.40. The van der Waals surface area contributed by atoms with Gasteiger partial charge >= 0.3 is 5.79 Å². The van der Waals surface area contributed by atoms with E-state index in [0.29, 0.717) is 5.69 Å². The van der Waals surface area contributed by atoms with Crippen LogP contribution in [-0.2, 0) is 19.1 Å². The van der Waals surface area contributed by atoms with Crippen LogP contribution in [0.2, 0.25) is 0 Å². The summed E-state index contributed by atoms with van der Waals surface area (Å²) in [6, 6.07) is 8.76. The fraction of sp³-hybridized carbons (Fsp3) is 0.333. The highest BCUT2D eigenvalue weighted by Crippen LogP contribution is 2.16. The monoisotopic (exact) mass is 237 g/mol. The van der Waals surface area contributed by atoms with Gasteiger partial charge in [-0.25, -0.2) is 0 Å². The van der Waals surface area contributed by atoms with Crippen LogP contribution in [0.25, 0.3) is 0 Å².